The lowest BCUT2D eigenvalue weighted by molar-refractivity contribution is -0.121. The van der Waals surface area contributed by atoms with Crippen LogP contribution in [0.2, 0.25) is 0 Å². The van der Waals surface area contributed by atoms with Crippen LogP contribution in [-0.2, 0) is 4.79 Å². The Morgan fingerprint density at radius 2 is 1.16 bits per heavy atom. The van der Waals surface area contributed by atoms with E-state index in [2.05, 4.69) is 51.8 Å². The first-order valence-corrected chi connectivity index (χ1v) is 12.7. The van der Waals surface area contributed by atoms with Gasteiger partial charge in [-0.3, -0.25) is 4.79 Å². The number of hydrogen-bond acceptors (Lipinski definition) is 3. The quantitative estimate of drug-likeness (QED) is 0.214. The average molecular weight is 683 g/mol. The molecule has 0 saturated heterocycles. The predicted molar refractivity (Wildman–Crippen MR) is 139 cm³/mol. The van der Waals surface area contributed by atoms with Gasteiger partial charge in [-0.1, -0.05) is 69.6 Å². The summed E-state index contributed by atoms with van der Waals surface area (Å²) in [4.78, 5) is 28.5. The molecule has 0 aliphatic rings. The average Bonchev–Trinajstić information content (AvgIpc) is 3.24. The number of ketones is 1. The number of fused-ring (bicyclic) bond motifs is 2. The van der Waals surface area contributed by atoms with Crippen LogP contribution in [0, 0.1) is 0 Å². The second-order valence-electron chi connectivity index (χ2n) is 6.94. The number of H-pyrrole nitrogens is 2. The van der Waals surface area contributed by atoms with E-state index in [1.165, 1.54) is 0 Å². The number of pyridine rings is 2. The zero-order valence-corrected chi connectivity index (χ0v) is 23.2. The normalized spacial score (nSPS) is 14.8. The van der Waals surface area contributed by atoms with E-state index in [1.54, 1.807) is 36.9 Å². The van der Waals surface area contributed by atoms with Crippen molar-refractivity contribution in [2.24, 2.45) is 0 Å². The molecule has 0 bridgehead atoms. The van der Waals surface area contributed by atoms with Crippen LogP contribution in [0.1, 0.15) is 23.0 Å². The van der Waals surface area contributed by atoms with E-state index in [1.807, 2.05) is 0 Å². The van der Waals surface area contributed by atoms with Crippen molar-refractivity contribution in [3.8, 4) is 0 Å². The van der Waals surface area contributed by atoms with Gasteiger partial charge in [-0.05, 0) is 55.1 Å². The van der Waals surface area contributed by atoms with Crippen LogP contribution < -0.4 is 0 Å². The van der Waals surface area contributed by atoms with Gasteiger partial charge in [0.1, 0.15) is 11.3 Å². The fraction of sp³-hybridized carbons (Fsp3) is 0.211. The van der Waals surface area contributed by atoms with Crippen molar-refractivity contribution in [2.75, 3.05) is 0 Å². The lowest BCUT2D eigenvalue weighted by Gasteiger charge is -2.30. The van der Waals surface area contributed by atoms with Gasteiger partial charge in [0, 0.05) is 44.5 Å². The molecule has 32 heavy (non-hydrogen) atoms. The predicted octanol–water partition coefficient (Wildman–Crippen LogP) is 8.14. The number of aromatic amines is 2. The van der Waals surface area contributed by atoms with Crippen molar-refractivity contribution in [3.05, 3.63) is 57.0 Å². The van der Waals surface area contributed by atoms with Gasteiger partial charge in [-0.2, -0.15) is 0 Å². The van der Waals surface area contributed by atoms with Gasteiger partial charge in [0.2, 0.25) is 7.59 Å². The molecule has 0 fully saturated rings. The summed E-state index contributed by atoms with van der Waals surface area (Å²) in [6.45, 7) is 0. The summed E-state index contributed by atoms with van der Waals surface area (Å²) in [5, 5.41) is 1.19. The van der Waals surface area contributed by atoms with Crippen LogP contribution in [0.4, 0.5) is 0 Å². The summed E-state index contributed by atoms with van der Waals surface area (Å²) in [5.41, 5.74) is 1.86. The number of nitrogens with zero attached hydrogens (tertiary/aromatic N) is 2. The number of Topliss-reactive ketones (excluding diaryl/α,β-unsaturated/α-hetero) is 1. The Hall–Kier alpha value is -0.250. The zero-order valence-electron chi connectivity index (χ0n) is 15.4. The number of halogens is 8. The highest BCUT2D eigenvalue weighted by Gasteiger charge is 2.50. The van der Waals surface area contributed by atoms with Crippen molar-refractivity contribution in [1.82, 2.24) is 19.9 Å². The molecule has 0 aliphatic carbocycles. The second kappa shape index (κ2) is 9.08. The first kappa shape index (κ1) is 24.9. The highest BCUT2D eigenvalue weighted by Crippen LogP contribution is 2.52. The molecule has 0 aromatic carbocycles. The lowest BCUT2D eigenvalue weighted by Crippen LogP contribution is -2.35. The van der Waals surface area contributed by atoms with Crippen molar-refractivity contribution in [3.63, 3.8) is 0 Å². The summed E-state index contributed by atoms with van der Waals surface area (Å²) in [6, 6.07) is 3.53. The van der Waals surface area contributed by atoms with Gasteiger partial charge in [-0.25, -0.2) is 9.97 Å². The Labute approximate surface area is 228 Å². The first-order chi connectivity index (χ1) is 14.9. The second-order valence-corrected chi connectivity index (χ2v) is 13.5. The Kier molecular flexibility index (Phi) is 7.05. The molecule has 5 nitrogen and oxygen atoms in total. The number of carbonyl (C=O) groups is 1. The number of hydrogen-bond donors (Lipinski definition) is 2. The van der Waals surface area contributed by atoms with Crippen LogP contribution >= 0.6 is 101 Å². The molecule has 168 valence electrons. The van der Waals surface area contributed by atoms with Gasteiger partial charge < -0.3 is 9.97 Å². The van der Waals surface area contributed by atoms with Gasteiger partial charge in [-0.15, -0.1) is 0 Å². The number of carbonyl (C=O) groups excluding carboxylic acids is 1. The summed E-state index contributed by atoms with van der Waals surface area (Å²) >= 11 is 44.7. The lowest BCUT2D eigenvalue weighted by atomic mass is 9.85. The molecule has 0 amide bonds. The summed E-state index contributed by atoms with van der Waals surface area (Å²) in [7, 11) is 0. The Balaban J connectivity index is 1.92. The van der Waals surface area contributed by atoms with Crippen molar-refractivity contribution in [2.45, 2.75) is 19.4 Å². The van der Waals surface area contributed by atoms with Crippen molar-refractivity contribution in [1.29, 1.82) is 0 Å². The summed E-state index contributed by atoms with van der Waals surface area (Å²) in [6.07, 6.45) is 6.35. The molecular formula is C19H10Br2Cl6N4O. The molecule has 4 aromatic rings. The van der Waals surface area contributed by atoms with Crippen LogP contribution in [0.15, 0.2) is 45.9 Å². The topological polar surface area (TPSA) is 74.4 Å². The third kappa shape index (κ3) is 4.78. The highest BCUT2D eigenvalue weighted by atomic mass is 79.9. The van der Waals surface area contributed by atoms with Gasteiger partial charge in [0.25, 0.3) is 0 Å². The third-order valence-electron chi connectivity index (χ3n) is 4.91. The van der Waals surface area contributed by atoms with E-state index >= 15 is 0 Å². The zero-order chi connectivity index (χ0) is 23.4. The van der Waals surface area contributed by atoms with E-state index in [-0.39, 0.29) is 0 Å². The Morgan fingerprint density at radius 3 is 1.50 bits per heavy atom. The molecule has 13 heteroatoms. The Bertz CT molecular complexity index is 1230. The molecular weight excluding hydrogens is 673 g/mol. The Morgan fingerprint density at radius 1 is 0.781 bits per heavy atom. The fourth-order valence-electron chi connectivity index (χ4n) is 3.62. The maximum atomic E-state index is 14.0. The smallest absolute Gasteiger partial charge is 0.204 e. The maximum absolute atomic E-state index is 14.0. The molecule has 2 atom stereocenters. The summed E-state index contributed by atoms with van der Waals surface area (Å²) in [5.74, 6) is -3.14. The van der Waals surface area contributed by atoms with E-state index in [4.69, 9.17) is 69.6 Å². The van der Waals surface area contributed by atoms with E-state index in [9.17, 15) is 4.79 Å². The van der Waals surface area contributed by atoms with Gasteiger partial charge in [0.15, 0.2) is 5.78 Å². The molecule has 4 heterocycles. The van der Waals surface area contributed by atoms with Crippen LogP contribution in [0.3, 0.4) is 0 Å². The van der Waals surface area contributed by atoms with E-state index in [0.29, 0.717) is 42.1 Å². The molecule has 0 radical (unpaired) electrons. The third-order valence-corrected chi connectivity index (χ3v) is 7.08. The largest absolute Gasteiger partial charge is 0.346 e. The van der Waals surface area contributed by atoms with Crippen LogP contribution in [-0.4, -0.2) is 33.3 Å². The molecule has 0 spiro atoms. The molecule has 0 aliphatic heterocycles. The highest BCUT2D eigenvalue weighted by molar-refractivity contribution is 9.10. The molecule has 2 unspecified atom stereocenters. The van der Waals surface area contributed by atoms with E-state index < -0.39 is 25.2 Å². The monoisotopic (exact) mass is 678 g/mol. The number of nitrogens with one attached hydrogen (secondary N) is 2. The van der Waals surface area contributed by atoms with E-state index in [0.717, 1.165) is 0 Å². The standard InChI is InChI=1S/C19H10Br2Cl6N4O/c20-7-1-9-11(5-30-16(9)28-3-7)13(18(22,23)24)15(32)14(19(25,26)27)12-6-31-17-10(12)2-8(21)4-29-17/h1-6,13-14H,(H,28,30)(H,29,31). The molecule has 2 N–H and O–H groups in total. The number of rotatable bonds is 4. The number of aromatic nitrogens is 4. The molecule has 4 aromatic heterocycles. The van der Waals surface area contributed by atoms with Crippen LogP contribution in [0.25, 0.3) is 22.1 Å². The van der Waals surface area contributed by atoms with Crippen LogP contribution in [0.5, 0.6) is 0 Å². The van der Waals surface area contributed by atoms with Crippen molar-refractivity contribution >= 4 is 129 Å². The molecule has 4 rings (SSSR count). The van der Waals surface area contributed by atoms with Gasteiger partial charge in [0.05, 0.1) is 11.8 Å². The number of alkyl halides is 6. The summed E-state index contributed by atoms with van der Waals surface area (Å²) < 4.78 is -2.72. The minimum Gasteiger partial charge on any atom is -0.346 e. The van der Waals surface area contributed by atoms with Gasteiger partial charge >= 0.3 is 0 Å². The molecule has 0 saturated carbocycles. The maximum Gasteiger partial charge on any atom is 0.204 e. The van der Waals surface area contributed by atoms with Crippen molar-refractivity contribution < 1.29 is 4.79 Å². The first-order valence-electron chi connectivity index (χ1n) is 8.80. The minimum atomic E-state index is -2.05. The minimum absolute atomic E-state index is 0.414. The SMILES string of the molecule is O=C(C(c1c[nH]c2ncc(Br)cc12)C(Cl)(Cl)Cl)C(c1c[nH]c2ncc(Br)cc12)C(Cl)(Cl)Cl. The fourth-order valence-corrected chi connectivity index (χ4v) is 5.64.